The molecule has 55 heavy (non-hydrogen) atoms. The first-order chi connectivity index (χ1) is 26.0. The molecular weight excluding hydrogens is 876 g/mol. The fraction of sp³-hybridized carbons (Fsp3) is 0.125. The van der Waals surface area contributed by atoms with Crippen LogP contribution in [0.3, 0.4) is 0 Å². The van der Waals surface area contributed by atoms with Crippen LogP contribution >= 0.6 is 0 Å². The van der Waals surface area contributed by atoms with Crippen molar-refractivity contribution in [1.82, 2.24) is 9.97 Å². The number of pyridine rings is 2. The molecule has 0 N–H and O–H groups in total. The van der Waals surface area contributed by atoms with E-state index >= 15 is 17.6 Å². The van der Waals surface area contributed by atoms with Gasteiger partial charge in [0.05, 0.1) is 11.3 Å². The van der Waals surface area contributed by atoms with Crippen LogP contribution in [0.2, 0.25) is 0 Å². The average Bonchev–Trinajstić information content (AvgIpc) is 3.37. The first-order valence-corrected chi connectivity index (χ1v) is 17.8. The van der Waals surface area contributed by atoms with Gasteiger partial charge in [0, 0.05) is 22.4 Å². The van der Waals surface area contributed by atoms with Gasteiger partial charge < -0.3 is 4.98 Å². The Hall–Kier alpha value is -5.45. The largest absolute Gasteiger partial charge is 2.00 e. The minimum atomic E-state index is -3.95. The Bertz CT molecular complexity index is 2710. The fourth-order valence-corrected chi connectivity index (χ4v) is 7.79. The van der Waals surface area contributed by atoms with E-state index in [1.165, 1.54) is 24.3 Å². The van der Waals surface area contributed by atoms with E-state index in [1.54, 1.807) is 38.1 Å². The van der Waals surface area contributed by atoms with Gasteiger partial charge in [-0.3, -0.25) is 4.98 Å². The predicted octanol–water partition coefficient (Wildman–Crippen LogP) is 12.7. The molecule has 1 unspecified atom stereocenters. The first-order valence-electron chi connectivity index (χ1n) is 17.8. The number of hydrogen-bond acceptors (Lipinski definition) is 2. The van der Waals surface area contributed by atoms with E-state index in [0.717, 1.165) is 38.7 Å². The van der Waals surface area contributed by atoms with Gasteiger partial charge >= 0.3 is 21.1 Å². The minimum Gasteiger partial charge on any atom is -0.300 e. The van der Waals surface area contributed by atoms with Gasteiger partial charge in [-0.25, -0.2) is 17.6 Å². The van der Waals surface area contributed by atoms with Crippen molar-refractivity contribution in [3.05, 3.63) is 192 Å². The predicted molar refractivity (Wildman–Crippen MR) is 207 cm³/mol. The zero-order valence-electron chi connectivity index (χ0n) is 29.7. The quantitative estimate of drug-likeness (QED) is 0.123. The summed E-state index contributed by atoms with van der Waals surface area (Å²) < 4.78 is 67.3. The molecule has 1 aliphatic rings. The Morgan fingerprint density at radius 2 is 1.29 bits per heavy atom. The molecule has 0 fully saturated rings. The van der Waals surface area contributed by atoms with Crippen LogP contribution in [-0.4, -0.2) is 9.97 Å². The molecule has 1 aliphatic carbocycles. The minimum absolute atomic E-state index is 0. The van der Waals surface area contributed by atoms with E-state index in [4.69, 9.17) is 9.97 Å². The third-order valence-corrected chi connectivity index (χ3v) is 10.6. The average molecular weight is 908 g/mol. The number of fused-ring (bicyclic) bond motifs is 3. The van der Waals surface area contributed by atoms with E-state index in [1.807, 2.05) is 66.7 Å². The second-order valence-electron chi connectivity index (χ2n) is 14.4. The van der Waals surface area contributed by atoms with Crippen molar-refractivity contribution >= 4 is 21.5 Å². The molecule has 8 aromatic rings. The van der Waals surface area contributed by atoms with Crippen LogP contribution in [0.15, 0.2) is 152 Å². The van der Waals surface area contributed by atoms with Crippen molar-refractivity contribution in [1.29, 1.82) is 0 Å². The van der Waals surface area contributed by atoms with E-state index in [0.29, 0.717) is 22.5 Å². The molecular formula is C48H32F4N2Pt. The molecule has 0 aliphatic heterocycles. The molecule has 2 aromatic heterocycles. The molecule has 0 bridgehead atoms. The van der Waals surface area contributed by atoms with Crippen LogP contribution in [0.1, 0.15) is 47.8 Å². The van der Waals surface area contributed by atoms with Gasteiger partial charge in [-0.2, -0.15) is 0 Å². The van der Waals surface area contributed by atoms with Gasteiger partial charge in [0.1, 0.15) is 5.92 Å². The van der Waals surface area contributed by atoms with Crippen LogP contribution < -0.4 is 0 Å². The summed E-state index contributed by atoms with van der Waals surface area (Å²) in [7, 11) is 0. The first kappa shape index (κ1) is 36.5. The standard InChI is InChI=1S/C48H32F4N2.Pt/c1-46(2,42-19-11-18-40(53-42)36-24-22-32-20-23-35(27-38(32)28-36)30-12-5-3-6-13-30)45-43-39(47(49,50)44(48(43,51)52)33-15-7-4-8-16-33)29-41(54-45)37-25-21-31-14-9-10-17-34(31)26-37;/h3-23,25,27-29,44H,1-2H3;/q-2;+2. The number of benzene rings is 6. The number of halogens is 4. The Balaban J connectivity index is 0.00000427. The molecule has 0 amide bonds. The molecule has 0 spiro atoms. The number of alkyl halides is 4. The summed E-state index contributed by atoms with van der Waals surface area (Å²) in [6.07, 6.45) is 0. The summed E-state index contributed by atoms with van der Waals surface area (Å²) in [5.74, 6) is -10.3. The SMILES string of the molecule is CC(C)(c1cccc(-c2[c-]cc3ccc(-c4ccccc4)cc3c2)n1)c1nc(-c2[c-]c3ccccc3cc2)cc2c1C(F)(F)C(c1ccccc1)C2(F)F.[Pt+2]. The second-order valence-corrected chi connectivity index (χ2v) is 14.4. The normalized spacial score (nSPS) is 15.8. The number of hydrogen-bond donors (Lipinski definition) is 0. The summed E-state index contributed by atoms with van der Waals surface area (Å²) in [5.41, 5.74) is 1.29. The number of nitrogens with zero attached hydrogens (tertiary/aromatic N) is 2. The molecule has 7 heteroatoms. The van der Waals surface area contributed by atoms with Gasteiger partial charge in [0.25, 0.3) is 11.8 Å². The molecule has 272 valence electrons. The van der Waals surface area contributed by atoms with Crippen LogP contribution in [0, 0.1) is 12.1 Å². The van der Waals surface area contributed by atoms with Crippen molar-refractivity contribution < 1.29 is 38.6 Å². The second kappa shape index (κ2) is 13.7. The van der Waals surface area contributed by atoms with Gasteiger partial charge in [-0.15, -0.1) is 58.8 Å². The monoisotopic (exact) mass is 907 g/mol. The van der Waals surface area contributed by atoms with Crippen LogP contribution in [0.5, 0.6) is 0 Å². The number of aromatic nitrogens is 2. The molecule has 2 nitrogen and oxygen atoms in total. The van der Waals surface area contributed by atoms with E-state index in [2.05, 4.69) is 42.5 Å². The van der Waals surface area contributed by atoms with Crippen molar-refractivity contribution in [3.63, 3.8) is 0 Å². The van der Waals surface area contributed by atoms with Crippen LogP contribution in [-0.2, 0) is 38.3 Å². The summed E-state index contributed by atoms with van der Waals surface area (Å²) in [4.78, 5) is 9.85. The summed E-state index contributed by atoms with van der Waals surface area (Å²) in [6.45, 7) is 3.44. The maximum Gasteiger partial charge on any atom is 2.00 e. The van der Waals surface area contributed by atoms with E-state index in [-0.39, 0.29) is 38.0 Å². The number of rotatable bonds is 6. The third-order valence-electron chi connectivity index (χ3n) is 10.6. The van der Waals surface area contributed by atoms with Crippen molar-refractivity contribution in [3.8, 4) is 33.6 Å². The third kappa shape index (κ3) is 6.17. The van der Waals surface area contributed by atoms with Crippen LogP contribution in [0.4, 0.5) is 17.6 Å². The van der Waals surface area contributed by atoms with Crippen molar-refractivity contribution in [2.75, 3.05) is 0 Å². The Morgan fingerprint density at radius 1 is 0.582 bits per heavy atom. The topological polar surface area (TPSA) is 25.8 Å². The zero-order chi connectivity index (χ0) is 37.2. The van der Waals surface area contributed by atoms with Crippen molar-refractivity contribution in [2.45, 2.75) is 37.0 Å². The molecule has 6 aromatic carbocycles. The van der Waals surface area contributed by atoms with Gasteiger partial charge in [0.2, 0.25) is 0 Å². The Kier molecular flexibility index (Phi) is 9.09. The molecule has 2 heterocycles. The van der Waals surface area contributed by atoms with Gasteiger partial charge in [-0.1, -0.05) is 132 Å². The van der Waals surface area contributed by atoms with Crippen LogP contribution in [0.25, 0.3) is 55.2 Å². The van der Waals surface area contributed by atoms with E-state index < -0.39 is 34.3 Å². The van der Waals surface area contributed by atoms with Crippen molar-refractivity contribution in [2.24, 2.45) is 0 Å². The molecule has 1 atom stereocenters. The maximum absolute atomic E-state index is 16.9. The maximum atomic E-state index is 16.9. The van der Waals surface area contributed by atoms with E-state index in [9.17, 15) is 0 Å². The summed E-state index contributed by atoms with van der Waals surface area (Å²) in [6, 6.07) is 51.8. The Morgan fingerprint density at radius 3 is 2.07 bits per heavy atom. The Labute approximate surface area is 331 Å². The molecule has 9 rings (SSSR count). The molecule has 0 saturated heterocycles. The smallest absolute Gasteiger partial charge is 0.300 e. The fourth-order valence-electron chi connectivity index (χ4n) is 7.79. The molecule has 0 saturated carbocycles. The summed E-state index contributed by atoms with van der Waals surface area (Å²) >= 11 is 0. The van der Waals surface area contributed by atoms with Gasteiger partial charge in [-0.05, 0) is 42.3 Å². The summed E-state index contributed by atoms with van der Waals surface area (Å²) in [5, 5.41) is 3.67. The molecule has 0 radical (unpaired) electrons. The van der Waals surface area contributed by atoms with Gasteiger partial charge in [0.15, 0.2) is 0 Å². The zero-order valence-corrected chi connectivity index (χ0v) is 32.0.